The summed E-state index contributed by atoms with van der Waals surface area (Å²) in [5.41, 5.74) is 7.07. The van der Waals surface area contributed by atoms with E-state index < -0.39 is 6.03 Å². The van der Waals surface area contributed by atoms with E-state index in [0.717, 1.165) is 11.1 Å². The number of rotatable bonds is 8. The Hall–Kier alpha value is -2.87. The molecular weight excluding hydrogens is 346 g/mol. The highest BCUT2D eigenvalue weighted by Crippen LogP contribution is 2.21. The molecule has 146 valence electrons. The minimum Gasteiger partial charge on any atom is -0.355 e. The number of carbonyl (C=O) groups is 3. The first-order valence-electron chi connectivity index (χ1n) is 8.98. The van der Waals surface area contributed by atoms with Crippen LogP contribution in [-0.4, -0.2) is 54.5 Å². The number of nitrogens with one attached hydrogen (secondary N) is 3. The number of hydrogen-bond donors (Lipinski definition) is 4. The lowest BCUT2D eigenvalue weighted by Gasteiger charge is -2.23. The Balaban J connectivity index is 2.05. The highest BCUT2D eigenvalue weighted by molar-refractivity contribution is 5.84. The first-order valence-corrected chi connectivity index (χ1v) is 8.98. The molecule has 0 bridgehead atoms. The molecule has 0 saturated carbocycles. The van der Waals surface area contributed by atoms with Gasteiger partial charge in [0.1, 0.15) is 0 Å². The van der Waals surface area contributed by atoms with Crippen molar-refractivity contribution in [2.75, 3.05) is 19.6 Å². The lowest BCUT2D eigenvalue weighted by Crippen LogP contribution is -2.44. The summed E-state index contributed by atoms with van der Waals surface area (Å²) < 4.78 is 0. The van der Waals surface area contributed by atoms with Crippen molar-refractivity contribution in [3.63, 3.8) is 0 Å². The monoisotopic (exact) mass is 373 g/mol. The predicted molar refractivity (Wildman–Crippen MR) is 104 cm³/mol. The first-order chi connectivity index (χ1) is 12.9. The quantitative estimate of drug-likeness (QED) is 0.520. The van der Waals surface area contributed by atoms with Crippen molar-refractivity contribution < 1.29 is 14.4 Å². The lowest BCUT2D eigenvalue weighted by molar-refractivity contribution is -0.125. The van der Waals surface area contributed by atoms with Crippen LogP contribution in [0.15, 0.2) is 30.8 Å². The number of urea groups is 1. The molecule has 27 heavy (non-hydrogen) atoms. The van der Waals surface area contributed by atoms with E-state index in [2.05, 4.69) is 27.4 Å². The molecule has 0 aromatic heterocycles. The molecule has 1 heterocycles. The summed E-state index contributed by atoms with van der Waals surface area (Å²) in [4.78, 5) is 37.2. The third-order valence-corrected chi connectivity index (χ3v) is 4.42. The third kappa shape index (κ3) is 6.10. The van der Waals surface area contributed by atoms with Crippen molar-refractivity contribution in [3.8, 4) is 0 Å². The molecule has 1 aromatic carbocycles. The molecule has 0 unspecified atom stereocenters. The zero-order chi connectivity index (χ0) is 19.8. The first kappa shape index (κ1) is 20.4. The van der Waals surface area contributed by atoms with Gasteiger partial charge in [-0.15, -0.1) is 0 Å². The van der Waals surface area contributed by atoms with Gasteiger partial charge in [-0.3, -0.25) is 14.5 Å². The predicted octanol–water partition coefficient (Wildman–Crippen LogP) is 0.193. The fraction of sp³-hybridized carbons (Fsp3) is 0.421. The van der Waals surface area contributed by atoms with Gasteiger partial charge in [0.2, 0.25) is 11.8 Å². The summed E-state index contributed by atoms with van der Waals surface area (Å²) in [6.45, 7) is 7.16. The number of primary amides is 1. The van der Waals surface area contributed by atoms with Crippen LogP contribution in [0.5, 0.6) is 0 Å². The van der Waals surface area contributed by atoms with Crippen molar-refractivity contribution >= 4 is 23.9 Å². The van der Waals surface area contributed by atoms with E-state index in [1.54, 1.807) is 6.08 Å². The van der Waals surface area contributed by atoms with Crippen LogP contribution in [-0.2, 0) is 16.1 Å². The second-order valence-corrected chi connectivity index (χ2v) is 6.51. The minimum absolute atomic E-state index is 0.0515. The number of carbonyl (C=O) groups excluding carboxylic acids is 3. The highest BCUT2D eigenvalue weighted by Gasteiger charge is 2.37. The van der Waals surface area contributed by atoms with Crippen LogP contribution in [0, 0.1) is 0 Å². The van der Waals surface area contributed by atoms with E-state index in [9.17, 15) is 14.4 Å². The Labute approximate surface area is 159 Å². The van der Waals surface area contributed by atoms with Gasteiger partial charge in [0.25, 0.3) is 0 Å². The van der Waals surface area contributed by atoms with Crippen LogP contribution >= 0.6 is 0 Å². The molecule has 1 aromatic rings. The average molecular weight is 373 g/mol. The number of nitrogens with two attached hydrogens (primary N) is 1. The van der Waals surface area contributed by atoms with Gasteiger partial charge in [0.15, 0.2) is 0 Å². The van der Waals surface area contributed by atoms with E-state index >= 15 is 0 Å². The van der Waals surface area contributed by atoms with E-state index in [1.807, 2.05) is 31.2 Å². The maximum absolute atomic E-state index is 12.5. The molecule has 1 aliphatic rings. The molecule has 8 nitrogen and oxygen atoms in total. The molecule has 0 spiro atoms. The Morgan fingerprint density at radius 2 is 2.11 bits per heavy atom. The number of likely N-dealkylation sites (N-methyl/N-ethyl adjacent to an activating group) is 1. The summed E-state index contributed by atoms with van der Waals surface area (Å²) in [5, 5.41) is 7.97. The third-order valence-electron chi connectivity index (χ3n) is 4.42. The van der Waals surface area contributed by atoms with Crippen LogP contribution in [0.3, 0.4) is 0 Å². The number of nitrogens with zero attached hydrogens (tertiary/aromatic N) is 1. The normalized spacial score (nSPS) is 19.3. The minimum atomic E-state index is -0.750. The maximum atomic E-state index is 12.5. The highest BCUT2D eigenvalue weighted by atomic mass is 16.2. The molecular formula is C19H27N5O3. The van der Waals surface area contributed by atoms with Gasteiger partial charge in [-0.05, 0) is 24.5 Å². The van der Waals surface area contributed by atoms with Crippen LogP contribution < -0.4 is 21.7 Å². The molecule has 0 radical (unpaired) electrons. The van der Waals surface area contributed by atoms with E-state index in [-0.39, 0.29) is 30.4 Å². The van der Waals surface area contributed by atoms with E-state index in [4.69, 9.17) is 5.73 Å². The van der Waals surface area contributed by atoms with Gasteiger partial charge in [-0.2, -0.15) is 0 Å². The Morgan fingerprint density at radius 1 is 1.33 bits per heavy atom. The molecule has 8 heteroatoms. The summed E-state index contributed by atoms with van der Waals surface area (Å²) in [6.07, 6.45) is 2.29. The topological polar surface area (TPSA) is 117 Å². The Kier molecular flexibility index (Phi) is 7.36. The van der Waals surface area contributed by atoms with Gasteiger partial charge < -0.3 is 21.7 Å². The van der Waals surface area contributed by atoms with Crippen molar-refractivity contribution in [2.24, 2.45) is 5.73 Å². The van der Waals surface area contributed by atoms with Gasteiger partial charge in [0.05, 0.1) is 12.6 Å². The second kappa shape index (κ2) is 9.72. The van der Waals surface area contributed by atoms with Crippen molar-refractivity contribution in [3.05, 3.63) is 42.0 Å². The van der Waals surface area contributed by atoms with Crippen LogP contribution in [0.1, 0.15) is 24.5 Å². The van der Waals surface area contributed by atoms with Gasteiger partial charge >= 0.3 is 6.03 Å². The second-order valence-electron chi connectivity index (χ2n) is 6.51. The molecule has 0 aliphatic carbocycles. The average Bonchev–Trinajstić information content (AvgIpc) is 3.02. The summed E-state index contributed by atoms with van der Waals surface area (Å²) in [7, 11) is 0. The number of amides is 4. The van der Waals surface area contributed by atoms with Gasteiger partial charge in [0, 0.05) is 25.7 Å². The molecule has 1 aliphatic heterocycles. The Morgan fingerprint density at radius 3 is 2.78 bits per heavy atom. The van der Waals surface area contributed by atoms with Crippen molar-refractivity contribution in [1.29, 1.82) is 0 Å². The summed E-state index contributed by atoms with van der Waals surface area (Å²) in [5.74, 6) is -0.381. The lowest BCUT2D eigenvalue weighted by atomic mass is 10.1. The largest absolute Gasteiger partial charge is 0.355 e. The molecule has 1 saturated heterocycles. The fourth-order valence-corrected chi connectivity index (χ4v) is 3.25. The van der Waals surface area contributed by atoms with E-state index in [1.165, 1.54) is 0 Å². The maximum Gasteiger partial charge on any atom is 0.312 e. The van der Waals surface area contributed by atoms with Crippen LogP contribution in [0.25, 0.3) is 6.08 Å². The van der Waals surface area contributed by atoms with Crippen LogP contribution in [0.2, 0.25) is 0 Å². The SMILES string of the molecule is C=Cc1cccc(CN2C[C@@H](NC(=O)CNC(N)=O)C[C@H]2C(=O)NCC)c1. The van der Waals surface area contributed by atoms with Crippen molar-refractivity contribution in [2.45, 2.75) is 32.0 Å². The smallest absolute Gasteiger partial charge is 0.312 e. The summed E-state index contributed by atoms with van der Waals surface area (Å²) in [6, 6.07) is 6.71. The standard InChI is InChI=1S/C19H27N5O3/c1-3-13-6-5-7-14(8-13)11-24-12-15(9-16(24)18(26)21-4-2)23-17(25)10-22-19(20)27/h3,5-8,15-16H,1,4,9-12H2,2H3,(H,21,26)(H,23,25)(H3,20,22,27)/t15-,16-/m0/s1. The van der Waals surface area contributed by atoms with Crippen molar-refractivity contribution in [1.82, 2.24) is 20.9 Å². The zero-order valence-corrected chi connectivity index (χ0v) is 15.5. The fourth-order valence-electron chi connectivity index (χ4n) is 3.25. The van der Waals surface area contributed by atoms with Gasteiger partial charge in [-0.25, -0.2) is 4.79 Å². The Bertz CT molecular complexity index is 706. The molecule has 1 fully saturated rings. The number of hydrogen-bond acceptors (Lipinski definition) is 4. The zero-order valence-electron chi connectivity index (χ0n) is 15.5. The van der Waals surface area contributed by atoms with Gasteiger partial charge in [-0.1, -0.05) is 36.9 Å². The number of benzene rings is 1. The molecule has 2 atom stereocenters. The molecule has 5 N–H and O–H groups in total. The van der Waals surface area contributed by atoms with Crippen LogP contribution in [0.4, 0.5) is 4.79 Å². The number of likely N-dealkylation sites (tertiary alicyclic amines) is 1. The van der Waals surface area contributed by atoms with E-state index in [0.29, 0.717) is 26.1 Å². The molecule has 4 amide bonds. The molecule has 2 rings (SSSR count). The summed E-state index contributed by atoms with van der Waals surface area (Å²) >= 11 is 0.